The summed E-state index contributed by atoms with van der Waals surface area (Å²) in [6.45, 7) is 7.22. The van der Waals surface area contributed by atoms with Crippen LogP contribution in [0, 0.1) is 5.92 Å². The summed E-state index contributed by atoms with van der Waals surface area (Å²) in [5, 5.41) is 1.34. The number of anilines is 1. The number of pyridine rings is 1. The van der Waals surface area contributed by atoms with Gasteiger partial charge in [-0.2, -0.15) is 0 Å². The van der Waals surface area contributed by atoms with Gasteiger partial charge in [-0.25, -0.2) is 9.97 Å². The average molecular weight is 450 g/mol. The standard InChI is InChI=1S/C25H31N5OS/c1-2-8-21-20(7-1)22-24(27-23(28-25(22)32-21)19-6-3-9-26-15-19)30-10-4-5-18(17-30)16-29-11-13-31-14-12-29/h3,6,9,15,18H,1-2,4-5,7-8,10-14,16-17H2. The molecule has 0 bridgehead atoms. The maximum absolute atomic E-state index is 5.55. The van der Waals surface area contributed by atoms with Gasteiger partial charge in [0.25, 0.3) is 0 Å². The normalized spacial score (nSPS) is 22.2. The highest BCUT2D eigenvalue weighted by atomic mass is 32.1. The number of fused-ring (bicyclic) bond motifs is 3. The Morgan fingerprint density at radius 2 is 1.97 bits per heavy atom. The zero-order valence-electron chi connectivity index (χ0n) is 18.6. The summed E-state index contributed by atoms with van der Waals surface area (Å²) < 4.78 is 5.55. The number of ether oxygens (including phenoxy) is 1. The van der Waals surface area contributed by atoms with E-state index < -0.39 is 0 Å². The lowest BCUT2D eigenvalue weighted by Gasteiger charge is -2.37. The molecule has 5 heterocycles. The first-order valence-corrected chi connectivity index (χ1v) is 12.9. The number of aryl methyl sites for hydroxylation is 2. The van der Waals surface area contributed by atoms with Crippen LogP contribution in [0.2, 0.25) is 0 Å². The highest BCUT2D eigenvalue weighted by Crippen LogP contribution is 2.41. The summed E-state index contributed by atoms with van der Waals surface area (Å²) in [6.07, 6.45) is 11.2. The lowest BCUT2D eigenvalue weighted by atomic mass is 9.95. The monoisotopic (exact) mass is 449 g/mol. The van der Waals surface area contributed by atoms with Crippen molar-refractivity contribution in [3.05, 3.63) is 35.0 Å². The van der Waals surface area contributed by atoms with E-state index in [1.165, 1.54) is 66.7 Å². The predicted octanol–water partition coefficient (Wildman–Crippen LogP) is 4.18. The Labute approximate surface area is 193 Å². The fourth-order valence-electron chi connectivity index (χ4n) is 5.55. The van der Waals surface area contributed by atoms with Crippen molar-refractivity contribution in [1.29, 1.82) is 0 Å². The zero-order chi connectivity index (χ0) is 21.3. The Morgan fingerprint density at radius 1 is 1.06 bits per heavy atom. The number of morpholine rings is 1. The van der Waals surface area contributed by atoms with E-state index in [1.807, 2.05) is 29.8 Å². The molecular formula is C25H31N5OS. The first kappa shape index (κ1) is 20.5. The molecule has 0 spiro atoms. The van der Waals surface area contributed by atoms with E-state index in [2.05, 4.69) is 20.9 Å². The molecule has 7 heteroatoms. The number of thiophene rings is 1. The van der Waals surface area contributed by atoms with Gasteiger partial charge in [0.2, 0.25) is 0 Å². The van der Waals surface area contributed by atoms with Gasteiger partial charge in [-0.1, -0.05) is 0 Å². The van der Waals surface area contributed by atoms with Crippen LogP contribution in [-0.4, -0.2) is 65.8 Å². The molecule has 0 amide bonds. The molecule has 32 heavy (non-hydrogen) atoms. The van der Waals surface area contributed by atoms with E-state index in [0.717, 1.165) is 55.6 Å². The molecule has 0 aromatic carbocycles. The van der Waals surface area contributed by atoms with E-state index in [4.69, 9.17) is 14.7 Å². The first-order chi connectivity index (χ1) is 15.8. The average Bonchev–Trinajstić information content (AvgIpc) is 3.23. The van der Waals surface area contributed by atoms with E-state index in [0.29, 0.717) is 5.92 Å². The Hall–Kier alpha value is -2.09. The Bertz CT molecular complexity index is 1080. The second-order valence-corrected chi connectivity index (χ2v) is 10.5. The summed E-state index contributed by atoms with van der Waals surface area (Å²) >= 11 is 1.90. The van der Waals surface area contributed by atoms with E-state index in [1.54, 1.807) is 0 Å². The maximum Gasteiger partial charge on any atom is 0.164 e. The van der Waals surface area contributed by atoms with Crippen molar-refractivity contribution in [2.24, 2.45) is 5.92 Å². The SMILES string of the molecule is c1cncc(-c2nc(N3CCCC(CN4CCOCC4)C3)c3c4c(sc3n2)CCCC4)c1. The molecule has 2 fully saturated rings. The molecule has 0 N–H and O–H groups in total. The molecule has 1 unspecified atom stereocenters. The van der Waals surface area contributed by atoms with Gasteiger partial charge in [0.05, 0.1) is 18.6 Å². The van der Waals surface area contributed by atoms with Crippen LogP contribution in [0.15, 0.2) is 24.5 Å². The molecular weight excluding hydrogens is 418 g/mol. The number of piperidine rings is 1. The fraction of sp³-hybridized carbons (Fsp3) is 0.560. The molecule has 6 nitrogen and oxygen atoms in total. The Kier molecular flexibility index (Phi) is 5.80. The van der Waals surface area contributed by atoms with Crippen LogP contribution in [-0.2, 0) is 17.6 Å². The smallest absolute Gasteiger partial charge is 0.164 e. The predicted molar refractivity (Wildman–Crippen MR) is 129 cm³/mol. The maximum atomic E-state index is 5.55. The van der Waals surface area contributed by atoms with Crippen molar-refractivity contribution in [2.75, 3.05) is 50.8 Å². The summed E-state index contributed by atoms with van der Waals surface area (Å²) in [5.41, 5.74) is 2.53. The highest BCUT2D eigenvalue weighted by Gasteiger charge is 2.28. The minimum Gasteiger partial charge on any atom is -0.379 e. The molecule has 0 saturated carbocycles. The number of rotatable bonds is 4. The molecule has 6 rings (SSSR count). The van der Waals surface area contributed by atoms with Crippen molar-refractivity contribution in [3.8, 4) is 11.4 Å². The lowest BCUT2D eigenvalue weighted by Crippen LogP contribution is -2.44. The van der Waals surface area contributed by atoms with Gasteiger partial charge in [0.15, 0.2) is 5.82 Å². The largest absolute Gasteiger partial charge is 0.379 e. The Balaban J connectivity index is 1.37. The molecule has 2 aliphatic heterocycles. The van der Waals surface area contributed by atoms with Crippen molar-refractivity contribution < 1.29 is 4.74 Å². The third-order valence-corrected chi connectivity index (χ3v) is 8.34. The van der Waals surface area contributed by atoms with Crippen LogP contribution in [0.1, 0.15) is 36.1 Å². The number of hydrogen-bond donors (Lipinski definition) is 0. The molecule has 168 valence electrons. The van der Waals surface area contributed by atoms with Crippen LogP contribution in [0.5, 0.6) is 0 Å². The summed E-state index contributed by atoms with van der Waals surface area (Å²) in [7, 11) is 0. The minimum absolute atomic E-state index is 0.683. The quantitative estimate of drug-likeness (QED) is 0.596. The highest BCUT2D eigenvalue weighted by molar-refractivity contribution is 7.19. The molecule has 1 atom stereocenters. The number of nitrogens with zero attached hydrogens (tertiary/aromatic N) is 5. The number of hydrogen-bond acceptors (Lipinski definition) is 7. The molecule has 3 aromatic rings. The van der Waals surface area contributed by atoms with Crippen LogP contribution in [0.3, 0.4) is 0 Å². The van der Waals surface area contributed by atoms with Gasteiger partial charge in [-0.05, 0) is 62.1 Å². The topological polar surface area (TPSA) is 54.4 Å². The summed E-state index contributed by atoms with van der Waals surface area (Å²) in [6, 6.07) is 4.05. The number of aromatic nitrogens is 3. The van der Waals surface area contributed by atoms with Crippen LogP contribution in [0.4, 0.5) is 5.82 Å². The molecule has 1 aliphatic carbocycles. The van der Waals surface area contributed by atoms with E-state index >= 15 is 0 Å². The third-order valence-electron chi connectivity index (χ3n) is 7.15. The van der Waals surface area contributed by atoms with Gasteiger partial charge in [-0.15, -0.1) is 11.3 Å². The van der Waals surface area contributed by atoms with Gasteiger partial charge in [0.1, 0.15) is 10.6 Å². The Morgan fingerprint density at radius 3 is 2.84 bits per heavy atom. The van der Waals surface area contributed by atoms with Gasteiger partial charge < -0.3 is 9.64 Å². The fourth-order valence-corrected chi connectivity index (χ4v) is 6.80. The second-order valence-electron chi connectivity index (χ2n) is 9.37. The summed E-state index contributed by atoms with van der Waals surface area (Å²) in [5.74, 6) is 2.66. The van der Waals surface area contributed by atoms with Gasteiger partial charge >= 0.3 is 0 Å². The second kappa shape index (κ2) is 9.04. The van der Waals surface area contributed by atoms with Gasteiger partial charge in [0, 0.05) is 55.6 Å². The van der Waals surface area contributed by atoms with E-state index in [-0.39, 0.29) is 0 Å². The zero-order valence-corrected chi connectivity index (χ0v) is 19.4. The van der Waals surface area contributed by atoms with Crippen molar-refractivity contribution >= 4 is 27.4 Å². The van der Waals surface area contributed by atoms with Crippen molar-refractivity contribution in [3.63, 3.8) is 0 Å². The molecule has 2 saturated heterocycles. The summed E-state index contributed by atoms with van der Waals surface area (Å²) in [4.78, 5) is 22.4. The first-order valence-electron chi connectivity index (χ1n) is 12.1. The lowest BCUT2D eigenvalue weighted by molar-refractivity contribution is 0.0296. The minimum atomic E-state index is 0.683. The van der Waals surface area contributed by atoms with Crippen LogP contribution in [0.25, 0.3) is 21.6 Å². The van der Waals surface area contributed by atoms with Crippen molar-refractivity contribution in [2.45, 2.75) is 38.5 Å². The van der Waals surface area contributed by atoms with Crippen LogP contribution < -0.4 is 4.90 Å². The molecule has 0 radical (unpaired) electrons. The van der Waals surface area contributed by atoms with Crippen LogP contribution >= 0.6 is 11.3 Å². The van der Waals surface area contributed by atoms with Gasteiger partial charge in [-0.3, -0.25) is 9.88 Å². The van der Waals surface area contributed by atoms with E-state index in [9.17, 15) is 0 Å². The third kappa shape index (κ3) is 4.02. The molecule has 3 aliphatic rings. The van der Waals surface area contributed by atoms with Crippen molar-refractivity contribution in [1.82, 2.24) is 19.9 Å². The molecule has 3 aromatic heterocycles.